The van der Waals surface area contributed by atoms with E-state index < -0.39 is 30.2 Å². The Morgan fingerprint density at radius 3 is 2.00 bits per heavy atom. The van der Waals surface area contributed by atoms with Gasteiger partial charge >= 0.3 is 12.0 Å². The van der Waals surface area contributed by atoms with Crippen LogP contribution in [0.25, 0.3) is 0 Å². The molecule has 0 aliphatic carbocycles. The maximum absolute atomic E-state index is 11.6. The van der Waals surface area contributed by atoms with E-state index in [1.54, 1.807) is 0 Å². The van der Waals surface area contributed by atoms with Crippen molar-refractivity contribution >= 4 is 17.9 Å². The highest BCUT2D eigenvalue weighted by Gasteiger charge is 2.26. The smallest absolute Gasteiger partial charge is 0.328 e. The van der Waals surface area contributed by atoms with Gasteiger partial charge in [0.2, 0.25) is 5.91 Å². The van der Waals surface area contributed by atoms with Gasteiger partial charge in [-0.1, -0.05) is 13.8 Å². The number of hydrogen-bond donors (Lipinski definition) is 5. The molecule has 8 nitrogen and oxygen atoms in total. The summed E-state index contributed by atoms with van der Waals surface area (Å²) in [7, 11) is 0. The molecule has 3 amide bonds. The van der Waals surface area contributed by atoms with Crippen LogP contribution in [0.3, 0.4) is 0 Å². The van der Waals surface area contributed by atoms with E-state index in [2.05, 4.69) is 16.0 Å². The van der Waals surface area contributed by atoms with Crippen molar-refractivity contribution in [2.24, 2.45) is 5.92 Å². The number of amides is 3. The molecule has 5 N–H and O–H groups in total. The lowest BCUT2D eigenvalue weighted by molar-refractivity contribution is -0.141. The zero-order valence-corrected chi connectivity index (χ0v) is 12.1. The Bertz CT molecular complexity index is 357. The Kier molecular flexibility index (Phi) is 7.60. The van der Waals surface area contributed by atoms with Crippen molar-refractivity contribution in [3.05, 3.63) is 0 Å². The number of carbonyl (C=O) groups is 3. The summed E-state index contributed by atoms with van der Waals surface area (Å²) >= 11 is 0. The summed E-state index contributed by atoms with van der Waals surface area (Å²) in [6, 6.07) is -3.07. The standard InChI is InChI=1S/C12H23N3O5/c1-6(2)5-13-10(17)7(3)14-12(20)15-9(8(4)16)11(18)19/h6-9,16H,5H2,1-4H3,(H,13,17)(H,18,19)(H2,14,15,20). The molecule has 0 saturated carbocycles. The Balaban J connectivity index is 4.31. The highest BCUT2D eigenvalue weighted by molar-refractivity contribution is 5.88. The second-order valence-electron chi connectivity index (χ2n) is 5.03. The van der Waals surface area contributed by atoms with E-state index in [0.717, 1.165) is 0 Å². The molecule has 0 heterocycles. The molecule has 8 heteroatoms. The Morgan fingerprint density at radius 2 is 1.60 bits per heavy atom. The molecule has 0 aliphatic heterocycles. The molecule has 0 saturated heterocycles. The monoisotopic (exact) mass is 289 g/mol. The number of hydrogen-bond acceptors (Lipinski definition) is 4. The number of aliphatic carboxylic acids is 1. The van der Waals surface area contributed by atoms with Crippen molar-refractivity contribution in [2.45, 2.75) is 45.9 Å². The van der Waals surface area contributed by atoms with Gasteiger partial charge in [-0.2, -0.15) is 0 Å². The van der Waals surface area contributed by atoms with Crippen molar-refractivity contribution in [3.63, 3.8) is 0 Å². The number of carbonyl (C=O) groups excluding carboxylic acids is 2. The minimum Gasteiger partial charge on any atom is -0.480 e. The van der Waals surface area contributed by atoms with Gasteiger partial charge in [0.1, 0.15) is 6.04 Å². The van der Waals surface area contributed by atoms with Gasteiger partial charge in [0.25, 0.3) is 0 Å². The molecule has 0 aromatic rings. The fourth-order valence-electron chi connectivity index (χ4n) is 1.29. The third-order valence-electron chi connectivity index (χ3n) is 2.46. The van der Waals surface area contributed by atoms with Crippen LogP contribution in [0.2, 0.25) is 0 Å². The van der Waals surface area contributed by atoms with Crippen LogP contribution in [0.5, 0.6) is 0 Å². The summed E-state index contributed by atoms with van der Waals surface area (Å²) in [5.41, 5.74) is 0. The maximum atomic E-state index is 11.6. The first-order valence-corrected chi connectivity index (χ1v) is 6.40. The fraction of sp³-hybridized carbons (Fsp3) is 0.750. The zero-order chi connectivity index (χ0) is 15.9. The first-order chi connectivity index (χ1) is 9.15. The maximum Gasteiger partial charge on any atom is 0.328 e. The summed E-state index contributed by atoms with van der Waals surface area (Å²) in [6.45, 7) is 7.08. The lowest BCUT2D eigenvalue weighted by Crippen LogP contribution is -2.55. The second kappa shape index (κ2) is 8.36. The van der Waals surface area contributed by atoms with E-state index in [1.165, 1.54) is 13.8 Å². The molecule has 0 aromatic heterocycles. The van der Waals surface area contributed by atoms with E-state index in [9.17, 15) is 19.5 Å². The van der Waals surface area contributed by atoms with Crippen molar-refractivity contribution in [1.29, 1.82) is 0 Å². The number of nitrogens with one attached hydrogen (secondary N) is 3. The normalized spacial score (nSPS) is 15.1. The molecule has 3 unspecified atom stereocenters. The summed E-state index contributed by atoms with van der Waals surface area (Å²) < 4.78 is 0. The average molecular weight is 289 g/mol. The van der Waals surface area contributed by atoms with E-state index in [-0.39, 0.29) is 11.8 Å². The van der Waals surface area contributed by atoms with Gasteiger partial charge in [-0.05, 0) is 19.8 Å². The number of carboxylic acid groups (broad SMARTS) is 1. The molecular formula is C12H23N3O5. The first kappa shape index (κ1) is 18.2. The highest BCUT2D eigenvalue weighted by atomic mass is 16.4. The van der Waals surface area contributed by atoms with Crippen molar-refractivity contribution in [2.75, 3.05) is 6.54 Å². The fourth-order valence-corrected chi connectivity index (χ4v) is 1.29. The Labute approximate surface area is 117 Å². The van der Waals surface area contributed by atoms with Gasteiger partial charge in [0.15, 0.2) is 6.04 Å². The van der Waals surface area contributed by atoms with Crippen molar-refractivity contribution < 1.29 is 24.6 Å². The van der Waals surface area contributed by atoms with Gasteiger partial charge in [-0.25, -0.2) is 9.59 Å². The molecule has 116 valence electrons. The molecule has 0 bridgehead atoms. The summed E-state index contributed by atoms with van der Waals surface area (Å²) in [4.78, 5) is 33.9. The molecule has 20 heavy (non-hydrogen) atoms. The molecule has 0 rings (SSSR count). The van der Waals surface area contributed by atoms with Crippen LogP contribution in [0, 0.1) is 5.92 Å². The molecule has 0 spiro atoms. The van der Waals surface area contributed by atoms with Crippen LogP contribution in [-0.4, -0.2) is 52.9 Å². The summed E-state index contributed by atoms with van der Waals surface area (Å²) in [5, 5.41) is 25.0. The third-order valence-corrected chi connectivity index (χ3v) is 2.46. The molecular weight excluding hydrogens is 266 g/mol. The lowest BCUT2D eigenvalue weighted by Gasteiger charge is -2.20. The number of aliphatic hydroxyl groups excluding tert-OH is 1. The predicted octanol–water partition coefficient (Wildman–Crippen LogP) is -0.720. The largest absolute Gasteiger partial charge is 0.480 e. The Hall–Kier alpha value is -1.83. The van der Waals surface area contributed by atoms with Crippen LogP contribution < -0.4 is 16.0 Å². The minimum absolute atomic E-state index is 0.284. The zero-order valence-electron chi connectivity index (χ0n) is 12.1. The number of urea groups is 1. The topological polar surface area (TPSA) is 128 Å². The minimum atomic E-state index is -1.43. The van der Waals surface area contributed by atoms with E-state index in [1.807, 2.05) is 13.8 Å². The summed E-state index contributed by atoms with van der Waals surface area (Å²) in [5.74, 6) is -1.43. The quantitative estimate of drug-likeness (QED) is 0.422. The lowest BCUT2D eigenvalue weighted by atomic mass is 10.2. The van der Waals surface area contributed by atoms with Crippen LogP contribution in [0.15, 0.2) is 0 Å². The van der Waals surface area contributed by atoms with Gasteiger partial charge in [0, 0.05) is 6.54 Å². The molecule has 3 atom stereocenters. The van der Waals surface area contributed by atoms with E-state index >= 15 is 0 Å². The van der Waals surface area contributed by atoms with Crippen LogP contribution in [0.4, 0.5) is 4.79 Å². The second-order valence-corrected chi connectivity index (χ2v) is 5.03. The number of carboxylic acids is 1. The molecule has 0 fully saturated rings. The van der Waals surface area contributed by atoms with E-state index in [0.29, 0.717) is 6.54 Å². The SMILES string of the molecule is CC(C)CNC(=O)C(C)NC(=O)NC(C(=O)O)C(C)O. The van der Waals surface area contributed by atoms with Gasteiger partial charge in [-0.15, -0.1) is 0 Å². The third kappa shape index (κ3) is 6.93. The summed E-state index contributed by atoms with van der Waals surface area (Å²) in [6.07, 6.45) is -1.25. The van der Waals surface area contributed by atoms with Crippen LogP contribution in [-0.2, 0) is 9.59 Å². The molecule has 0 aliphatic rings. The van der Waals surface area contributed by atoms with Gasteiger partial charge in [0.05, 0.1) is 6.10 Å². The van der Waals surface area contributed by atoms with Gasteiger partial charge < -0.3 is 26.2 Å². The molecule has 0 radical (unpaired) electrons. The highest BCUT2D eigenvalue weighted by Crippen LogP contribution is 1.94. The van der Waals surface area contributed by atoms with Gasteiger partial charge in [-0.3, -0.25) is 4.79 Å². The van der Waals surface area contributed by atoms with Crippen molar-refractivity contribution in [3.8, 4) is 0 Å². The van der Waals surface area contributed by atoms with Crippen LogP contribution >= 0.6 is 0 Å². The van der Waals surface area contributed by atoms with Crippen molar-refractivity contribution in [1.82, 2.24) is 16.0 Å². The first-order valence-electron chi connectivity index (χ1n) is 6.40. The molecule has 0 aromatic carbocycles. The van der Waals surface area contributed by atoms with Crippen LogP contribution in [0.1, 0.15) is 27.7 Å². The predicted molar refractivity (Wildman–Crippen MR) is 72.1 cm³/mol. The number of aliphatic hydroxyl groups is 1. The number of rotatable bonds is 7. The van der Waals surface area contributed by atoms with E-state index in [4.69, 9.17) is 5.11 Å². The Morgan fingerprint density at radius 1 is 1.05 bits per heavy atom. The average Bonchev–Trinajstić information content (AvgIpc) is 2.31.